The molecule has 0 unspecified atom stereocenters. The fourth-order valence-corrected chi connectivity index (χ4v) is 3.90. The number of benzene rings is 1. The highest BCUT2D eigenvalue weighted by molar-refractivity contribution is 5.70. The maximum atomic E-state index is 12.3. The minimum absolute atomic E-state index is 0.241. The van der Waals surface area contributed by atoms with Crippen LogP contribution in [0.4, 0.5) is 10.5 Å². The van der Waals surface area contributed by atoms with E-state index in [-0.39, 0.29) is 6.09 Å². The molecule has 0 saturated carbocycles. The number of rotatable bonds is 3. The summed E-state index contributed by atoms with van der Waals surface area (Å²) in [6.45, 7) is 15.4. The lowest BCUT2D eigenvalue weighted by Gasteiger charge is -2.39. The van der Waals surface area contributed by atoms with Crippen LogP contribution in [0.5, 0.6) is 0 Å². The molecule has 5 heteroatoms. The molecule has 1 aliphatic heterocycles. The number of piperazine rings is 1. The number of nitrogens with zero attached hydrogens (tertiary/aromatic N) is 2. The van der Waals surface area contributed by atoms with Crippen LogP contribution >= 0.6 is 0 Å². The molecule has 0 radical (unpaired) electrons. The largest absolute Gasteiger partial charge is 0.444 e. The van der Waals surface area contributed by atoms with Crippen LogP contribution in [0.15, 0.2) is 0 Å². The molecule has 1 saturated heterocycles. The third kappa shape index (κ3) is 4.56. The Morgan fingerprint density at radius 1 is 1.07 bits per heavy atom. The van der Waals surface area contributed by atoms with Crippen molar-refractivity contribution >= 4 is 11.8 Å². The van der Waals surface area contributed by atoms with E-state index in [0.29, 0.717) is 26.1 Å². The first-order chi connectivity index (χ1) is 12.6. The summed E-state index contributed by atoms with van der Waals surface area (Å²) >= 11 is 0. The van der Waals surface area contributed by atoms with Crippen molar-refractivity contribution in [2.75, 3.05) is 31.1 Å². The number of carbonyl (C=O) groups excluding carboxylic acids is 1. The lowest BCUT2D eigenvalue weighted by Crippen LogP contribution is -2.50. The first-order valence-corrected chi connectivity index (χ1v) is 9.58. The molecule has 1 aromatic carbocycles. The molecule has 0 bridgehead atoms. The van der Waals surface area contributed by atoms with Gasteiger partial charge in [-0.15, -0.1) is 12.3 Å². The van der Waals surface area contributed by atoms with E-state index in [2.05, 4.69) is 31.6 Å². The van der Waals surface area contributed by atoms with Crippen molar-refractivity contribution in [1.29, 1.82) is 0 Å². The molecule has 1 amide bonds. The van der Waals surface area contributed by atoms with Gasteiger partial charge in [-0.3, -0.25) is 0 Å². The molecule has 0 atom stereocenters. The van der Waals surface area contributed by atoms with Gasteiger partial charge in [-0.2, -0.15) is 0 Å². The third-order valence-electron chi connectivity index (χ3n) is 5.25. The average molecular weight is 372 g/mol. The summed E-state index contributed by atoms with van der Waals surface area (Å²) in [6.07, 6.45) is 5.97. The molecule has 1 aliphatic rings. The summed E-state index contributed by atoms with van der Waals surface area (Å²) < 4.78 is 5.50. The highest BCUT2D eigenvalue weighted by Crippen LogP contribution is 2.34. The fraction of sp³-hybridized carbons (Fsp3) is 0.591. The van der Waals surface area contributed by atoms with Crippen LogP contribution in [0.2, 0.25) is 0 Å². The summed E-state index contributed by atoms with van der Waals surface area (Å²) in [5.41, 5.74) is 12.8. The quantitative estimate of drug-likeness (QED) is 0.828. The monoisotopic (exact) mass is 371 g/mol. The van der Waals surface area contributed by atoms with Crippen molar-refractivity contribution < 1.29 is 9.53 Å². The van der Waals surface area contributed by atoms with Gasteiger partial charge in [0.25, 0.3) is 0 Å². The van der Waals surface area contributed by atoms with E-state index in [1.165, 1.54) is 33.5 Å². The summed E-state index contributed by atoms with van der Waals surface area (Å²) in [5.74, 6) is 2.78. The highest BCUT2D eigenvalue weighted by Gasteiger charge is 2.28. The Morgan fingerprint density at radius 2 is 1.63 bits per heavy atom. The highest BCUT2D eigenvalue weighted by atomic mass is 16.6. The van der Waals surface area contributed by atoms with Crippen molar-refractivity contribution in [3.05, 3.63) is 27.8 Å². The summed E-state index contributed by atoms with van der Waals surface area (Å²) in [5, 5.41) is 0. The SMILES string of the molecule is C#CCc1c(C)c(CN)c(C)c(N2CCN(C(=O)OC(C)(C)C)CC2)c1C. The Balaban J connectivity index is 2.27. The molecule has 0 spiro atoms. The number of amides is 1. The van der Waals surface area contributed by atoms with Crippen molar-refractivity contribution in [2.45, 2.75) is 60.1 Å². The summed E-state index contributed by atoms with van der Waals surface area (Å²) in [7, 11) is 0. The number of anilines is 1. The van der Waals surface area contributed by atoms with E-state index >= 15 is 0 Å². The molecule has 0 aromatic heterocycles. The maximum Gasteiger partial charge on any atom is 0.410 e. The second-order valence-corrected chi connectivity index (χ2v) is 8.22. The van der Waals surface area contributed by atoms with Gasteiger partial charge in [0.15, 0.2) is 0 Å². The minimum atomic E-state index is -0.474. The van der Waals surface area contributed by atoms with Gasteiger partial charge in [0, 0.05) is 44.8 Å². The third-order valence-corrected chi connectivity index (χ3v) is 5.25. The van der Waals surface area contributed by atoms with Gasteiger partial charge in [0.2, 0.25) is 0 Å². The van der Waals surface area contributed by atoms with Crippen molar-refractivity contribution in [2.24, 2.45) is 5.73 Å². The number of carbonyl (C=O) groups is 1. The summed E-state index contributed by atoms with van der Waals surface area (Å²) in [6, 6.07) is 0. The average Bonchev–Trinajstić information content (AvgIpc) is 2.58. The Bertz CT molecular complexity index is 749. The number of hydrogen-bond donors (Lipinski definition) is 1. The van der Waals surface area contributed by atoms with Crippen LogP contribution in [-0.4, -0.2) is 42.8 Å². The smallest absolute Gasteiger partial charge is 0.410 e. The first-order valence-electron chi connectivity index (χ1n) is 9.58. The zero-order chi connectivity index (χ0) is 20.4. The van der Waals surface area contributed by atoms with Crippen molar-refractivity contribution in [1.82, 2.24) is 4.90 Å². The zero-order valence-electron chi connectivity index (χ0n) is 17.6. The van der Waals surface area contributed by atoms with Gasteiger partial charge in [-0.1, -0.05) is 0 Å². The maximum absolute atomic E-state index is 12.3. The molecular weight excluding hydrogens is 338 g/mol. The number of ether oxygens (including phenoxy) is 1. The predicted octanol–water partition coefficient (Wildman–Crippen LogP) is 3.30. The molecule has 27 heavy (non-hydrogen) atoms. The Hall–Kier alpha value is -2.19. The molecule has 1 aromatic rings. The molecule has 1 fully saturated rings. The second kappa shape index (κ2) is 8.22. The number of nitrogens with two attached hydrogens (primary N) is 1. The van der Waals surface area contributed by atoms with Gasteiger partial charge in [0.05, 0.1) is 0 Å². The van der Waals surface area contributed by atoms with Gasteiger partial charge >= 0.3 is 6.09 Å². The standard InChI is InChI=1S/C22H33N3O2/c1-8-9-18-15(2)19(14-23)17(4)20(16(18)3)24-10-12-25(13-11-24)21(26)27-22(5,6)7/h1H,9-14,23H2,2-7H3. The van der Waals surface area contributed by atoms with Crippen LogP contribution in [0.25, 0.3) is 0 Å². The predicted molar refractivity (Wildman–Crippen MR) is 111 cm³/mol. The van der Waals surface area contributed by atoms with Gasteiger partial charge in [0.1, 0.15) is 5.60 Å². The molecular formula is C22H33N3O2. The number of hydrogen-bond acceptors (Lipinski definition) is 4. The fourth-order valence-electron chi connectivity index (χ4n) is 3.90. The number of terminal acetylenes is 1. The van der Waals surface area contributed by atoms with Crippen LogP contribution in [0.3, 0.4) is 0 Å². The lowest BCUT2D eigenvalue weighted by atomic mass is 9.89. The lowest BCUT2D eigenvalue weighted by molar-refractivity contribution is 0.0240. The zero-order valence-corrected chi connectivity index (χ0v) is 17.6. The Kier molecular flexibility index (Phi) is 6.43. The van der Waals surface area contributed by atoms with Crippen LogP contribution in [0, 0.1) is 33.1 Å². The van der Waals surface area contributed by atoms with Crippen molar-refractivity contribution in [3.8, 4) is 12.3 Å². The van der Waals surface area contributed by atoms with Gasteiger partial charge in [-0.25, -0.2) is 4.79 Å². The molecule has 5 nitrogen and oxygen atoms in total. The first kappa shape index (κ1) is 21.1. The Morgan fingerprint density at radius 3 is 2.11 bits per heavy atom. The van der Waals surface area contributed by atoms with Crippen LogP contribution in [0.1, 0.15) is 48.6 Å². The second-order valence-electron chi connectivity index (χ2n) is 8.22. The van der Waals surface area contributed by atoms with E-state index < -0.39 is 5.60 Å². The van der Waals surface area contributed by atoms with Gasteiger partial charge < -0.3 is 20.3 Å². The molecule has 0 aliphatic carbocycles. The van der Waals surface area contributed by atoms with Crippen molar-refractivity contribution in [3.63, 3.8) is 0 Å². The van der Waals surface area contributed by atoms with Crippen LogP contribution < -0.4 is 10.6 Å². The normalized spacial score (nSPS) is 14.9. The van der Waals surface area contributed by atoms with E-state index in [1.54, 1.807) is 4.90 Å². The molecule has 1 heterocycles. The van der Waals surface area contributed by atoms with E-state index in [9.17, 15) is 4.79 Å². The summed E-state index contributed by atoms with van der Waals surface area (Å²) in [4.78, 5) is 16.5. The van der Waals surface area contributed by atoms with E-state index in [1.807, 2.05) is 20.8 Å². The topological polar surface area (TPSA) is 58.8 Å². The van der Waals surface area contributed by atoms with Gasteiger partial charge in [-0.05, 0) is 69.4 Å². The Labute approximate surface area is 163 Å². The van der Waals surface area contributed by atoms with Crippen LogP contribution in [-0.2, 0) is 17.7 Å². The molecule has 2 rings (SSSR count). The van der Waals surface area contributed by atoms with E-state index in [4.69, 9.17) is 16.9 Å². The van der Waals surface area contributed by atoms with E-state index in [0.717, 1.165) is 13.1 Å². The molecule has 148 valence electrons. The molecule has 2 N–H and O–H groups in total. The minimum Gasteiger partial charge on any atom is -0.444 e.